The van der Waals surface area contributed by atoms with Gasteiger partial charge in [0.2, 0.25) is 5.91 Å². The summed E-state index contributed by atoms with van der Waals surface area (Å²) in [5.74, 6) is 0.269. The van der Waals surface area contributed by atoms with E-state index in [2.05, 4.69) is 10.6 Å². The summed E-state index contributed by atoms with van der Waals surface area (Å²) in [6.07, 6.45) is 3.12. The Morgan fingerprint density at radius 3 is 2.70 bits per heavy atom. The lowest BCUT2D eigenvalue weighted by Gasteiger charge is -2.27. The Hall–Kier alpha value is -2.08. The first-order valence-electron chi connectivity index (χ1n) is 8.23. The number of carbonyl (C=O) groups is 2. The topological polar surface area (TPSA) is 70.7 Å². The molecule has 1 saturated heterocycles. The van der Waals surface area contributed by atoms with E-state index in [1.165, 1.54) is 0 Å². The highest BCUT2D eigenvalue weighted by molar-refractivity contribution is 5.93. The molecule has 2 aliphatic rings. The van der Waals surface area contributed by atoms with Crippen LogP contribution in [0.5, 0.6) is 0 Å². The Labute approximate surface area is 136 Å². The van der Waals surface area contributed by atoms with Gasteiger partial charge in [-0.1, -0.05) is 18.6 Å². The molecule has 124 valence electrons. The molecule has 1 aromatic carbocycles. The van der Waals surface area contributed by atoms with E-state index in [4.69, 9.17) is 4.74 Å². The van der Waals surface area contributed by atoms with Gasteiger partial charge >= 0.3 is 6.03 Å². The van der Waals surface area contributed by atoms with Crippen LogP contribution in [0.3, 0.4) is 0 Å². The number of hydrogen-bond acceptors (Lipinski definition) is 3. The van der Waals surface area contributed by atoms with Crippen molar-refractivity contribution in [2.75, 3.05) is 31.6 Å². The molecule has 0 aromatic heterocycles. The van der Waals surface area contributed by atoms with Crippen molar-refractivity contribution >= 4 is 17.6 Å². The van der Waals surface area contributed by atoms with Crippen molar-refractivity contribution in [2.45, 2.75) is 25.8 Å². The lowest BCUT2D eigenvalue weighted by molar-refractivity contribution is -0.122. The number of nitrogens with one attached hydrogen (secondary N) is 2. The summed E-state index contributed by atoms with van der Waals surface area (Å²) in [5, 5.41) is 5.87. The number of nitrogens with zero attached hydrogens (tertiary/aromatic N) is 1. The van der Waals surface area contributed by atoms with Crippen molar-refractivity contribution < 1.29 is 14.3 Å². The van der Waals surface area contributed by atoms with Crippen molar-refractivity contribution in [1.82, 2.24) is 10.2 Å². The Balaban J connectivity index is 1.50. The molecule has 0 spiro atoms. The fraction of sp³-hybridized carbons (Fsp3) is 0.529. The normalized spacial score (nSPS) is 18.2. The van der Waals surface area contributed by atoms with Crippen LogP contribution in [-0.4, -0.2) is 43.1 Å². The highest BCUT2D eigenvalue weighted by Crippen LogP contribution is 2.27. The number of amides is 3. The van der Waals surface area contributed by atoms with Gasteiger partial charge in [0.1, 0.15) is 0 Å². The van der Waals surface area contributed by atoms with Crippen LogP contribution in [-0.2, 0) is 16.1 Å². The summed E-state index contributed by atoms with van der Waals surface area (Å²) < 4.78 is 5.24. The molecule has 0 bridgehead atoms. The van der Waals surface area contributed by atoms with Crippen LogP contribution in [0.1, 0.15) is 24.8 Å². The second-order valence-corrected chi connectivity index (χ2v) is 6.08. The first kappa shape index (κ1) is 15.8. The molecule has 6 nitrogen and oxygen atoms in total. The van der Waals surface area contributed by atoms with Gasteiger partial charge in [-0.15, -0.1) is 0 Å². The minimum Gasteiger partial charge on any atom is -0.378 e. The number of morpholine rings is 1. The number of ether oxygens (including phenoxy) is 1. The quantitative estimate of drug-likeness (QED) is 0.892. The molecule has 0 radical (unpaired) electrons. The maximum absolute atomic E-state index is 12.1. The van der Waals surface area contributed by atoms with Crippen molar-refractivity contribution in [3.8, 4) is 0 Å². The molecule has 1 saturated carbocycles. The van der Waals surface area contributed by atoms with Crippen LogP contribution < -0.4 is 10.6 Å². The van der Waals surface area contributed by atoms with E-state index in [9.17, 15) is 9.59 Å². The van der Waals surface area contributed by atoms with E-state index in [-0.39, 0.29) is 17.9 Å². The molecule has 3 rings (SSSR count). The van der Waals surface area contributed by atoms with E-state index >= 15 is 0 Å². The molecule has 0 unspecified atom stereocenters. The minimum absolute atomic E-state index is 0.0720. The number of urea groups is 1. The van der Waals surface area contributed by atoms with E-state index in [1.54, 1.807) is 4.90 Å². The van der Waals surface area contributed by atoms with E-state index < -0.39 is 0 Å². The zero-order valence-electron chi connectivity index (χ0n) is 13.2. The second-order valence-electron chi connectivity index (χ2n) is 6.08. The van der Waals surface area contributed by atoms with Crippen molar-refractivity contribution in [2.24, 2.45) is 5.92 Å². The van der Waals surface area contributed by atoms with Gasteiger partial charge < -0.3 is 20.3 Å². The van der Waals surface area contributed by atoms with Gasteiger partial charge in [-0.2, -0.15) is 0 Å². The fourth-order valence-corrected chi connectivity index (χ4v) is 2.73. The van der Waals surface area contributed by atoms with Crippen LogP contribution in [0.15, 0.2) is 24.3 Å². The molecule has 1 aromatic rings. The Morgan fingerprint density at radius 1 is 1.22 bits per heavy atom. The summed E-state index contributed by atoms with van der Waals surface area (Å²) in [6, 6.07) is 7.56. The maximum Gasteiger partial charge on any atom is 0.317 e. The summed E-state index contributed by atoms with van der Waals surface area (Å²) in [7, 11) is 0. The summed E-state index contributed by atoms with van der Waals surface area (Å²) >= 11 is 0. The molecule has 2 N–H and O–H groups in total. The van der Waals surface area contributed by atoms with Crippen LogP contribution in [0.2, 0.25) is 0 Å². The predicted octanol–water partition coefficient (Wildman–Crippen LogP) is 1.97. The molecule has 6 heteroatoms. The standard InChI is InChI=1S/C17H23N3O3/c21-16(14-4-2-5-14)19-15-6-1-3-13(11-15)12-18-17(22)20-7-9-23-10-8-20/h1,3,6,11,14H,2,4-5,7-10,12H2,(H,18,22)(H,19,21). The number of benzene rings is 1. The van der Waals surface area contributed by atoms with Crippen LogP contribution in [0, 0.1) is 5.92 Å². The van der Waals surface area contributed by atoms with E-state index in [0.29, 0.717) is 32.8 Å². The van der Waals surface area contributed by atoms with Gasteiger partial charge in [-0.05, 0) is 30.5 Å². The number of carbonyl (C=O) groups excluding carboxylic acids is 2. The van der Waals surface area contributed by atoms with Gasteiger partial charge in [0.05, 0.1) is 13.2 Å². The second kappa shape index (κ2) is 7.46. The van der Waals surface area contributed by atoms with Crippen molar-refractivity contribution in [3.05, 3.63) is 29.8 Å². The first-order valence-corrected chi connectivity index (χ1v) is 8.23. The summed E-state index contributed by atoms with van der Waals surface area (Å²) in [5.41, 5.74) is 1.76. The molecular formula is C17H23N3O3. The Kier molecular flexibility index (Phi) is 5.12. The molecule has 1 heterocycles. The molecule has 1 aliphatic carbocycles. The van der Waals surface area contributed by atoms with Gasteiger partial charge in [0.15, 0.2) is 0 Å². The third-order valence-corrected chi connectivity index (χ3v) is 4.41. The number of rotatable bonds is 4. The van der Waals surface area contributed by atoms with Gasteiger partial charge in [0.25, 0.3) is 0 Å². The molecule has 3 amide bonds. The number of anilines is 1. The summed E-state index contributed by atoms with van der Waals surface area (Å²) in [6.45, 7) is 2.89. The molecule has 2 fully saturated rings. The van der Waals surface area contributed by atoms with E-state index in [0.717, 1.165) is 30.5 Å². The molecule has 0 atom stereocenters. The maximum atomic E-state index is 12.1. The fourth-order valence-electron chi connectivity index (χ4n) is 2.73. The average Bonchev–Trinajstić information content (AvgIpc) is 2.52. The molecular weight excluding hydrogens is 294 g/mol. The van der Waals surface area contributed by atoms with Gasteiger partial charge in [-0.25, -0.2) is 4.79 Å². The monoisotopic (exact) mass is 317 g/mol. The molecule has 1 aliphatic heterocycles. The largest absolute Gasteiger partial charge is 0.378 e. The number of hydrogen-bond donors (Lipinski definition) is 2. The van der Waals surface area contributed by atoms with Crippen molar-refractivity contribution in [3.63, 3.8) is 0 Å². The van der Waals surface area contributed by atoms with Gasteiger partial charge in [-0.3, -0.25) is 4.79 Å². The SMILES string of the molecule is O=C(Nc1cccc(CNC(=O)N2CCOCC2)c1)C1CCC1. The van der Waals surface area contributed by atoms with Crippen molar-refractivity contribution in [1.29, 1.82) is 0 Å². The van der Waals surface area contributed by atoms with Crippen LogP contribution >= 0.6 is 0 Å². The molecule has 23 heavy (non-hydrogen) atoms. The highest BCUT2D eigenvalue weighted by Gasteiger charge is 2.25. The Morgan fingerprint density at radius 2 is 2.00 bits per heavy atom. The lowest BCUT2D eigenvalue weighted by atomic mass is 9.85. The van der Waals surface area contributed by atoms with Crippen LogP contribution in [0.25, 0.3) is 0 Å². The zero-order valence-corrected chi connectivity index (χ0v) is 13.2. The average molecular weight is 317 g/mol. The van der Waals surface area contributed by atoms with Gasteiger partial charge in [0, 0.05) is 31.2 Å². The van der Waals surface area contributed by atoms with Crippen LogP contribution in [0.4, 0.5) is 10.5 Å². The Bertz CT molecular complexity index is 566. The van der Waals surface area contributed by atoms with E-state index in [1.807, 2.05) is 24.3 Å². The minimum atomic E-state index is -0.0720. The smallest absolute Gasteiger partial charge is 0.317 e. The highest BCUT2D eigenvalue weighted by atomic mass is 16.5. The third-order valence-electron chi connectivity index (χ3n) is 4.41. The lowest BCUT2D eigenvalue weighted by Crippen LogP contribution is -2.45. The summed E-state index contributed by atoms with van der Waals surface area (Å²) in [4.78, 5) is 25.8. The third kappa shape index (κ3) is 4.22. The zero-order chi connectivity index (χ0) is 16.1. The first-order chi connectivity index (χ1) is 11.2. The predicted molar refractivity (Wildman–Crippen MR) is 87.0 cm³/mol.